The molecular weight excluding hydrogens is 504 g/mol. The van der Waals surface area contributed by atoms with E-state index in [9.17, 15) is 28.3 Å². The van der Waals surface area contributed by atoms with Crippen molar-refractivity contribution in [2.45, 2.75) is 49.9 Å². The molecule has 3 amide bonds. The van der Waals surface area contributed by atoms with Crippen LogP contribution in [0, 0.1) is 11.6 Å². The van der Waals surface area contributed by atoms with Gasteiger partial charge in [-0.05, 0) is 48.6 Å². The van der Waals surface area contributed by atoms with Crippen LogP contribution in [0.5, 0.6) is 0 Å². The minimum Gasteiger partial charge on any atom is -0.378 e. The molecule has 204 valence electrons. The number of amides is 3. The van der Waals surface area contributed by atoms with E-state index in [0.29, 0.717) is 23.8 Å². The highest BCUT2D eigenvalue weighted by atomic mass is 19.1. The van der Waals surface area contributed by atoms with Crippen LogP contribution in [0.1, 0.15) is 54.5 Å². The second kappa shape index (κ2) is 11.8. The van der Waals surface area contributed by atoms with Crippen molar-refractivity contribution in [1.29, 1.82) is 0 Å². The van der Waals surface area contributed by atoms with Crippen LogP contribution >= 0.6 is 0 Å². The van der Waals surface area contributed by atoms with Crippen molar-refractivity contribution >= 4 is 17.7 Å². The van der Waals surface area contributed by atoms with E-state index in [4.69, 9.17) is 5.73 Å². The molecule has 5 atom stereocenters. The topological polar surface area (TPSA) is 104 Å². The van der Waals surface area contributed by atoms with Gasteiger partial charge in [0.15, 0.2) is 6.10 Å². The third kappa shape index (κ3) is 5.89. The number of likely N-dealkylation sites (tertiary alicyclic amines) is 1. The van der Waals surface area contributed by atoms with Gasteiger partial charge in [-0.1, -0.05) is 60.7 Å². The maximum atomic E-state index is 14.2. The lowest BCUT2D eigenvalue weighted by atomic mass is 9.85. The molecule has 0 aliphatic carbocycles. The molecule has 7 nitrogen and oxygen atoms in total. The lowest BCUT2D eigenvalue weighted by Gasteiger charge is -2.37. The fraction of sp³-hybridized carbons (Fsp3) is 0.300. The Morgan fingerprint density at radius 2 is 1.46 bits per heavy atom. The van der Waals surface area contributed by atoms with Crippen LogP contribution in [0.3, 0.4) is 0 Å². The fourth-order valence-corrected chi connectivity index (χ4v) is 5.24. The van der Waals surface area contributed by atoms with Gasteiger partial charge in [-0.2, -0.15) is 0 Å². The summed E-state index contributed by atoms with van der Waals surface area (Å²) in [5.41, 5.74) is 7.16. The molecule has 0 unspecified atom stereocenters. The number of halogens is 2. The van der Waals surface area contributed by atoms with Gasteiger partial charge < -0.3 is 15.7 Å². The largest absolute Gasteiger partial charge is 0.378 e. The molecule has 4 rings (SSSR count). The van der Waals surface area contributed by atoms with Crippen LogP contribution in [0.25, 0.3) is 0 Å². The van der Waals surface area contributed by atoms with Crippen molar-refractivity contribution < 1.29 is 28.3 Å². The first-order chi connectivity index (χ1) is 18.6. The van der Waals surface area contributed by atoms with Gasteiger partial charge in [-0.3, -0.25) is 19.3 Å². The van der Waals surface area contributed by atoms with Gasteiger partial charge in [0.05, 0.1) is 12.1 Å². The Bertz CT molecular complexity index is 1320. The third-order valence-corrected chi connectivity index (χ3v) is 7.19. The number of likely N-dealkylation sites (N-methyl/N-ethyl adjacent to an activating group) is 1. The van der Waals surface area contributed by atoms with Crippen LogP contribution in [-0.2, 0) is 14.4 Å². The number of carbonyl (C=O) groups excluding carboxylic acids is 3. The van der Waals surface area contributed by atoms with E-state index in [1.165, 1.54) is 11.8 Å². The second-order valence-corrected chi connectivity index (χ2v) is 9.86. The molecule has 0 aromatic heterocycles. The van der Waals surface area contributed by atoms with Crippen molar-refractivity contribution in [3.8, 4) is 0 Å². The molecule has 1 heterocycles. The zero-order valence-electron chi connectivity index (χ0n) is 21.7. The molecule has 3 N–H and O–H groups in total. The Morgan fingerprint density at radius 3 is 2.00 bits per heavy atom. The minimum absolute atomic E-state index is 0.334. The van der Waals surface area contributed by atoms with Crippen molar-refractivity contribution in [1.82, 2.24) is 9.80 Å². The first-order valence-corrected chi connectivity index (χ1v) is 12.7. The van der Waals surface area contributed by atoms with Gasteiger partial charge in [-0.25, -0.2) is 8.78 Å². The van der Waals surface area contributed by atoms with E-state index in [1.807, 2.05) is 48.5 Å². The molecule has 1 aliphatic rings. The summed E-state index contributed by atoms with van der Waals surface area (Å²) in [6, 6.07) is 17.8. The van der Waals surface area contributed by atoms with Crippen LogP contribution in [-0.4, -0.2) is 51.8 Å². The average Bonchev–Trinajstić information content (AvgIpc) is 3.05. The molecule has 39 heavy (non-hydrogen) atoms. The fourth-order valence-electron chi connectivity index (χ4n) is 5.24. The molecule has 0 saturated carbocycles. The van der Waals surface area contributed by atoms with Crippen LogP contribution < -0.4 is 5.73 Å². The number of hydrogen-bond acceptors (Lipinski definition) is 5. The van der Waals surface area contributed by atoms with Gasteiger partial charge >= 0.3 is 0 Å². The number of nitrogens with zero attached hydrogens (tertiary/aromatic N) is 2. The highest BCUT2D eigenvalue weighted by Gasteiger charge is 2.47. The van der Waals surface area contributed by atoms with Gasteiger partial charge in [0, 0.05) is 19.0 Å². The molecule has 0 bridgehead atoms. The van der Waals surface area contributed by atoms with Gasteiger partial charge in [0.25, 0.3) is 5.91 Å². The summed E-state index contributed by atoms with van der Waals surface area (Å²) in [5.74, 6) is -5.22. The molecule has 0 radical (unpaired) electrons. The third-order valence-electron chi connectivity index (χ3n) is 7.19. The van der Waals surface area contributed by atoms with Gasteiger partial charge in [-0.15, -0.1) is 0 Å². The Balaban J connectivity index is 1.84. The van der Waals surface area contributed by atoms with Crippen molar-refractivity contribution in [2.24, 2.45) is 5.73 Å². The Hall–Kier alpha value is -3.95. The number of aliphatic hydroxyl groups is 1. The lowest BCUT2D eigenvalue weighted by molar-refractivity contribution is -0.160. The van der Waals surface area contributed by atoms with E-state index in [0.717, 1.165) is 23.3 Å². The number of benzene rings is 3. The highest BCUT2D eigenvalue weighted by molar-refractivity contribution is 6.04. The van der Waals surface area contributed by atoms with Crippen molar-refractivity contribution in [2.75, 3.05) is 7.05 Å². The van der Waals surface area contributed by atoms with E-state index in [1.54, 1.807) is 19.2 Å². The normalized spacial score (nSPS) is 21.1. The number of nitrogens with two attached hydrogens (primary N) is 1. The summed E-state index contributed by atoms with van der Waals surface area (Å²) in [6.45, 7) is 1.37. The van der Waals surface area contributed by atoms with Crippen molar-refractivity contribution in [3.63, 3.8) is 0 Å². The Labute approximate surface area is 225 Å². The highest BCUT2D eigenvalue weighted by Crippen LogP contribution is 2.39. The molecule has 3 aromatic carbocycles. The predicted molar refractivity (Wildman–Crippen MR) is 141 cm³/mol. The first kappa shape index (κ1) is 28.1. The number of rotatable bonds is 6. The van der Waals surface area contributed by atoms with Crippen LogP contribution in [0.2, 0.25) is 0 Å². The molecule has 3 aromatic rings. The summed E-state index contributed by atoms with van der Waals surface area (Å²) >= 11 is 0. The number of imide groups is 1. The maximum Gasteiger partial charge on any atom is 0.263 e. The van der Waals surface area contributed by atoms with E-state index < -0.39 is 53.5 Å². The zero-order chi connectivity index (χ0) is 28.3. The summed E-state index contributed by atoms with van der Waals surface area (Å²) in [5, 5.41) is 10.9. The van der Waals surface area contributed by atoms with Crippen LogP contribution in [0.15, 0.2) is 78.9 Å². The molecule has 1 aliphatic heterocycles. The molecule has 0 spiro atoms. The van der Waals surface area contributed by atoms with Crippen molar-refractivity contribution in [3.05, 3.63) is 107 Å². The first-order valence-electron chi connectivity index (χ1n) is 12.7. The number of aliphatic hydroxyl groups excluding tert-OH is 1. The molecular formula is C30H31F2N3O4. The molecule has 1 fully saturated rings. The minimum atomic E-state index is -2.11. The second-order valence-electron chi connectivity index (χ2n) is 9.86. The van der Waals surface area contributed by atoms with Crippen LogP contribution in [0.4, 0.5) is 8.78 Å². The smallest absolute Gasteiger partial charge is 0.263 e. The standard InChI is InChI=1S/C30H31F2N3O4/c1-18(33)28(37)35(30(39)27(36)21-15-22(31)17-23(32)16-21)26-24(19-9-5-3-6-10-19)13-14-25(34(2)29(26)38)20-11-7-4-8-12-20/h3-12,15-18,24-27,36H,13-14,33H2,1-2H3/t18-,24+,25+,26-,27-/m0/s1. The summed E-state index contributed by atoms with van der Waals surface area (Å²) in [4.78, 5) is 43.7. The summed E-state index contributed by atoms with van der Waals surface area (Å²) in [6.07, 6.45) is -1.15. The average molecular weight is 536 g/mol. The number of carbonyl (C=O) groups is 3. The Kier molecular flexibility index (Phi) is 8.52. The molecule has 9 heteroatoms. The van der Waals surface area contributed by atoms with E-state index in [2.05, 4.69) is 0 Å². The predicted octanol–water partition coefficient (Wildman–Crippen LogP) is 3.85. The summed E-state index contributed by atoms with van der Waals surface area (Å²) < 4.78 is 27.9. The maximum absolute atomic E-state index is 14.2. The van der Waals surface area contributed by atoms with E-state index >= 15 is 0 Å². The van der Waals surface area contributed by atoms with E-state index in [-0.39, 0.29) is 11.6 Å². The monoisotopic (exact) mass is 535 g/mol. The van der Waals surface area contributed by atoms with Gasteiger partial charge in [0.2, 0.25) is 11.8 Å². The summed E-state index contributed by atoms with van der Waals surface area (Å²) in [7, 11) is 1.61. The Morgan fingerprint density at radius 1 is 0.923 bits per heavy atom. The lowest BCUT2D eigenvalue weighted by Crippen LogP contribution is -2.58. The number of hydrogen-bond donors (Lipinski definition) is 2. The van der Waals surface area contributed by atoms with Gasteiger partial charge in [0.1, 0.15) is 17.7 Å². The zero-order valence-corrected chi connectivity index (χ0v) is 21.7. The quantitative estimate of drug-likeness (QED) is 0.499. The SMILES string of the molecule is C[C@H](N)C(=O)N(C(=O)[C@@H](O)c1cc(F)cc(F)c1)[C@@H]1C(=O)N(C)[C@@H](c2ccccc2)CC[C@@H]1c1ccccc1. The molecule has 1 saturated heterocycles.